The van der Waals surface area contributed by atoms with Crippen LogP contribution >= 0.6 is 0 Å². The molecule has 90 valence electrons. The Labute approximate surface area is 100.0 Å². The highest BCUT2D eigenvalue weighted by Crippen LogP contribution is 2.15. The van der Waals surface area contributed by atoms with Crippen molar-refractivity contribution in [1.82, 2.24) is 0 Å². The molecule has 1 rings (SSSR count). The van der Waals surface area contributed by atoms with E-state index in [1.807, 2.05) is 6.92 Å². The largest absolute Gasteiger partial charge is 0.478 e. The van der Waals surface area contributed by atoms with E-state index >= 15 is 0 Å². The van der Waals surface area contributed by atoms with Crippen molar-refractivity contribution in [3.63, 3.8) is 0 Å². The number of hydrogen-bond acceptors (Lipinski definition) is 2. The molecule has 17 heavy (non-hydrogen) atoms. The van der Waals surface area contributed by atoms with Crippen LogP contribution in [0.15, 0.2) is 35.9 Å². The topological polar surface area (TPSA) is 66.4 Å². The van der Waals surface area contributed by atoms with Crippen LogP contribution in [0.4, 0.5) is 5.69 Å². The SMILES string of the molecule is CC/C=C(\C)C(=O)Nc1ccccc1C(=O)O. The molecule has 0 radical (unpaired) electrons. The second kappa shape index (κ2) is 5.84. The van der Waals surface area contributed by atoms with E-state index in [1.165, 1.54) is 6.07 Å². The fraction of sp³-hybridized carbons (Fsp3) is 0.231. The minimum atomic E-state index is -1.06. The number of para-hydroxylation sites is 1. The van der Waals surface area contributed by atoms with Crippen molar-refractivity contribution in [2.24, 2.45) is 0 Å². The number of carbonyl (C=O) groups is 2. The summed E-state index contributed by atoms with van der Waals surface area (Å²) in [5.41, 5.74) is 0.978. The average molecular weight is 233 g/mol. The molecule has 0 aromatic heterocycles. The number of nitrogens with one attached hydrogen (secondary N) is 1. The molecule has 1 aromatic rings. The van der Waals surface area contributed by atoms with Crippen LogP contribution in [-0.2, 0) is 4.79 Å². The summed E-state index contributed by atoms with van der Waals surface area (Å²) in [6.07, 6.45) is 2.55. The maximum absolute atomic E-state index is 11.7. The Morgan fingerprint density at radius 3 is 2.59 bits per heavy atom. The van der Waals surface area contributed by atoms with Gasteiger partial charge in [-0.15, -0.1) is 0 Å². The lowest BCUT2D eigenvalue weighted by Crippen LogP contribution is -2.15. The molecule has 0 heterocycles. The number of aromatic carboxylic acids is 1. The van der Waals surface area contributed by atoms with Crippen molar-refractivity contribution in [2.45, 2.75) is 20.3 Å². The van der Waals surface area contributed by atoms with Crippen molar-refractivity contribution < 1.29 is 14.7 Å². The van der Waals surface area contributed by atoms with Crippen LogP contribution in [0, 0.1) is 0 Å². The zero-order valence-corrected chi connectivity index (χ0v) is 9.86. The Bertz CT molecular complexity index is 463. The second-order valence-electron chi connectivity index (χ2n) is 3.60. The number of rotatable bonds is 4. The Balaban J connectivity index is 2.92. The number of hydrogen-bond donors (Lipinski definition) is 2. The molecule has 0 spiro atoms. The zero-order chi connectivity index (χ0) is 12.8. The minimum absolute atomic E-state index is 0.0881. The van der Waals surface area contributed by atoms with Gasteiger partial charge in [0.1, 0.15) is 0 Å². The van der Waals surface area contributed by atoms with Crippen molar-refractivity contribution in [1.29, 1.82) is 0 Å². The van der Waals surface area contributed by atoms with Gasteiger partial charge < -0.3 is 10.4 Å². The molecule has 0 aliphatic heterocycles. The quantitative estimate of drug-likeness (QED) is 0.786. The van der Waals surface area contributed by atoms with E-state index in [2.05, 4.69) is 5.32 Å². The van der Waals surface area contributed by atoms with Crippen molar-refractivity contribution >= 4 is 17.6 Å². The smallest absolute Gasteiger partial charge is 0.337 e. The summed E-state index contributed by atoms with van der Waals surface area (Å²) in [7, 11) is 0. The molecule has 0 fully saturated rings. The third kappa shape index (κ3) is 3.45. The highest BCUT2D eigenvalue weighted by atomic mass is 16.4. The number of carboxylic acid groups (broad SMARTS) is 1. The third-order valence-electron chi connectivity index (χ3n) is 2.27. The van der Waals surface area contributed by atoms with Gasteiger partial charge in [-0.3, -0.25) is 4.79 Å². The van der Waals surface area contributed by atoms with Gasteiger partial charge in [0.2, 0.25) is 0 Å². The van der Waals surface area contributed by atoms with Gasteiger partial charge >= 0.3 is 5.97 Å². The summed E-state index contributed by atoms with van der Waals surface area (Å²) < 4.78 is 0. The van der Waals surface area contributed by atoms with Gasteiger partial charge in [-0.05, 0) is 25.5 Å². The summed E-state index contributed by atoms with van der Waals surface area (Å²) in [6, 6.07) is 6.33. The Morgan fingerprint density at radius 1 is 1.35 bits per heavy atom. The highest BCUT2D eigenvalue weighted by Gasteiger charge is 2.11. The van der Waals surface area contributed by atoms with E-state index in [0.29, 0.717) is 11.3 Å². The molecule has 0 atom stereocenters. The van der Waals surface area contributed by atoms with Crippen molar-refractivity contribution in [2.75, 3.05) is 5.32 Å². The summed E-state index contributed by atoms with van der Waals surface area (Å²) in [6.45, 7) is 3.63. The van der Waals surface area contributed by atoms with Crippen LogP contribution in [0.3, 0.4) is 0 Å². The van der Waals surface area contributed by atoms with E-state index in [4.69, 9.17) is 5.11 Å². The van der Waals surface area contributed by atoms with Crippen LogP contribution < -0.4 is 5.32 Å². The highest BCUT2D eigenvalue weighted by molar-refractivity contribution is 6.06. The monoisotopic (exact) mass is 233 g/mol. The van der Waals surface area contributed by atoms with Gasteiger partial charge in [-0.25, -0.2) is 4.79 Å². The molecule has 0 bridgehead atoms. The molecular formula is C13H15NO3. The number of benzene rings is 1. The van der Waals surface area contributed by atoms with Gasteiger partial charge in [0, 0.05) is 5.57 Å². The summed E-state index contributed by atoms with van der Waals surface area (Å²) >= 11 is 0. The predicted octanol–water partition coefficient (Wildman–Crippen LogP) is 2.68. The number of anilines is 1. The van der Waals surface area contributed by atoms with Crippen molar-refractivity contribution in [3.05, 3.63) is 41.5 Å². The number of carboxylic acids is 1. The predicted molar refractivity (Wildman–Crippen MR) is 66.1 cm³/mol. The van der Waals surface area contributed by atoms with Gasteiger partial charge in [-0.2, -0.15) is 0 Å². The second-order valence-corrected chi connectivity index (χ2v) is 3.60. The van der Waals surface area contributed by atoms with Gasteiger partial charge in [-0.1, -0.05) is 25.1 Å². The molecule has 0 saturated heterocycles. The molecule has 0 aliphatic carbocycles. The van der Waals surface area contributed by atoms with Crippen LogP contribution in [-0.4, -0.2) is 17.0 Å². The first kappa shape index (κ1) is 13.0. The van der Waals surface area contributed by atoms with Gasteiger partial charge in [0.25, 0.3) is 5.91 Å². The lowest BCUT2D eigenvalue weighted by molar-refractivity contribution is -0.112. The third-order valence-corrected chi connectivity index (χ3v) is 2.27. The molecule has 0 unspecified atom stereocenters. The van der Waals surface area contributed by atoms with E-state index in [9.17, 15) is 9.59 Å². The molecule has 1 aromatic carbocycles. The molecule has 1 amide bonds. The van der Waals surface area contributed by atoms with Gasteiger partial charge in [0.15, 0.2) is 0 Å². The fourth-order valence-electron chi connectivity index (χ4n) is 1.40. The van der Waals surface area contributed by atoms with E-state index in [-0.39, 0.29) is 11.5 Å². The molecule has 2 N–H and O–H groups in total. The maximum atomic E-state index is 11.7. The Morgan fingerprint density at radius 2 is 2.00 bits per heavy atom. The summed E-state index contributed by atoms with van der Waals surface area (Å²) in [4.78, 5) is 22.6. The number of carbonyl (C=O) groups excluding carboxylic acids is 1. The first-order chi connectivity index (χ1) is 8.06. The maximum Gasteiger partial charge on any atom is 0.337 e. The molecule has 0 aliphatic rings. The minimum Gasteiger partial charge on any atom is -0.478 e. The van der Waals surface area contributed by atoms with Crippen LogP contribution in [0.2, 0.25) is 0 Å². The first-order valence-electron chi connectivity index (χ1n) is 5.36. The molecule has 0 saturated carbocycles. The first-order valence-corrected chi connectivity index (χ1v) is 5.36. The standard InChI is InChI=1S/C13H15NO3/c1-3-6-9(2)12(15)14-11-8-5-4-7-10(11)13(16)17/h4-8H,3H2,1-2H3,(H,14,15)(H,16,17)/b9-6+. The van der Waals surface area contributed by atoms with E-state index in [0.717, 1.165) is 6.42 Å². The van der Waals surface area contributed by atoms with Gasteiger partial charge in [0.05, 0.1) is 11.3 Å². The fourth-order valence-corrected chi connectivity index (χ4v) is 1.40. The number of allylic oxidation sites excluding steroid dienone is 1. The lowest BCUT2D eigenvalue weighted by atomic mass is 10.1. The average Bonchev–Trinajstić information content (AvgIpc) is 2.29. The zero-order valence-electron chi connectivity index (χ0n) is 9.86. The molecular weight excluding hydrogens is 218 g/mol. The summed E-state index contributed by atoms with van der Waals surface area (Å²) in [5, 5.41) is 11.5. The Hall–Kier alpha value is -2.10. The number of amides is 1. The molecule has 4 nitrogen and oxygen atoms in total. The van der Waals surface area contributed by atoms with E-state index < -0.39 is 5.97 Å². The van der Waals surface area contributed by atoms with Crippen LogP contribution in [0.1, 0.15) is 30.6 Å². The van der Waals surface area contributed by atoms with Crippen LogP contribution in [0.25, 0.3) is 0 Å². The lowest BCUT2D eigenvalue weighted by Gasteiger charge is -2.08. The molecule has 4 heteroatoms. The summed E-state index contributed by atoms with van der Waals surface area (Å²) in [5.74, 6) is -1.33. The van der Waals surface area contributed by atoms with Crippen LogP contribution in [0.5, 0.6) is 0 Å². The van der Waals surface area contributed by atoms with E-state index in [1.54, 1.807) is 31.2 Å². The van der Waals surface area contributed by atoms with Crippen molar-refractivity contribution in [3.8, 4) is 0 Å². The normalized spacial score (nSPS) is 11.1. The Kier molecular flexibility index (Phi) is 4.46.